The van der Waals surface area contributed by atoms with E-state index in [4.69, 9.17) is 0 Å². The molecule has 21 heavy (non-hydrogen) atoms. The lowest BCUT2D eigenvalue weighted by Gasteiger charge is -2.37. The van der Waals surface area contributed by atoms with Crippen LogP contribution in [0.3, 0.4) is 0 Å². The van der Waals surface area contributed by atoms with Crippen molar-refractivity contribution in [1.29, 1.82) is 0 Å². The van der Waals surface area contributed by atoms with Gasteiger partial charge >= 0.3 is 0 Å². The summed E-state index contributed by atoms with van der Waals surface area (Å²) in [5.41, 5.74) is 2.84. The van der Waals surface area contributed by atoms with Crippen LogP contribution in [0, 0.1) is 19.3 Å². The maximum absolute atomic E-state index is 2.67. The molecule has 0 aromatic heterocycles. The Hall–Kier alpha value is -1.02. The largest absolute Gasteiger partial charge is 0.369 e. The highest BCUT2D eigenvalue weighted by atomic mass is 15.3. The first kappa shape index (κ1) is 14.9. The van der Waals surface area contributed by atoms with Gasteiger partial charge in [0.15, 0.2) is 0 Å². The van der Waals surface area contributed by atoms with E-state index in [0.717, 1.165) is 5.92 Å². The number of aryl methyl sites for hydroxylation is 1. The molecule has 0 atom stereocenters. The van der Waals surface area contributed by atoms with Crippen molar-refractivity contribution in [1.82, 2.24) is 4.90 Å². The topological polar surface area (TPSA) is 6.48 Å². The van der Waals surface area contributed by atoms with Gasteiger partial charge in [0.2, 0.25) is 0 Å². The van der Waals surface area contributed by atoms with Crippen molar-refractivity contribution in [3.05, 3.63) is 36.2 Å². The Bertz CT molecular complexity index is 429. The predicted octanol–water partition coefficient (Wildman–Crippen LogP) is 3.90. The summed E-state index contributed by atoms with van der Waals surface area (Å²) in [5.74, 6) is 0.990. The fourth-order valence-electron chi connectivity index (χ4n) is 3.78. The Morgan fingerprint density at radius 3 is 2.43 bits per heavy atom. The van der Waals surface area contributed by atoms with Crippen LogP contribution < -0.4 is 4.90 Å². The van der Waals surface area contributed by atoms with Crippen LogP contribution in [0.5, 0.6) is 0 Å². The van der Waals surface area contributed by atoms with Gasteiger partial charge in [-0.3, -0.25) is 4.90 Å². The van der Waals surface area contributed by atoms with E-state index in [0.29, 0.717) is 0 Å². The molecule has 1 aromatic rings. The molecule has 1 saturated heterocycles. The van der Waals surface area contributed by atoms with Crippen LogP contribution in [0.1, 0.15) is 37.7 Å². The summed E-state index contributed by atoms with van der Waals surface area (Å²) in [5, 5.41) is 0. The van der Waals surface area contributed by atoms with E-state index in [1.807, 2.05) is 0 Å². The molecule has 2 aliphatic rings. The molecular formula is C19H29N2. The molecule has 0 spiro atoms. The van der Waals surface area contributed by atoms with Gasteiger partial charge in [0.05, 0.1) is 0 Å². The van der Waals surface area contributed by atoms with Gasteiger partial charge in [0.1, 0.15) is 0 Å². The maximum atomic E-state index is 2.67. The SMILES string of the molecule is Cc1ccccc1N1CCN(CCC2CC[CH]CC2)CC1. The lowest BCUT2D eigenvalue weighted by Crippen LogP contribution is -2.47. The summed E-state index contributed by atoms with van der Waals surface area (Å²) in [6, 6.07) is 8.79. The van der Waals surface area contributed by atoms with Gasteiger partial charge in [-0.15, -0.1) is 0 Å². The molecule has 3 rings (SSSR count). The standard InChI is InChI=1S/C19H29N2/c1-17-7-5-6-10-19(17)21-15-13-20(14-16-21)12-11-18-8-3-2-4-9-18/h2,5-7,10,18H,3-4,8-9,11-16H2,1H3. The molecule has 1 heterocycles. The van der Waals surface area contributed by atoms with Crippen LogP contribution in [-0.2, 0) is 0 Å². The molecule has 0 unspecified atom stereocenters. The fourth-order valence-corrected chi connectivity index (χ4v) is 3.78. The highest BCUT2D eigenvalue weighted by molar-refractivity contribution is 5.53. The predicted molar refractivity (Wildman–Crippen MR) is 90.7 cm³/mol. The summed E-state index contributed by atoms with van der Waals surface area (Å²) >= 11 is 0. The lowest BCUT2D eigenvalue weighted by atomic mass is 9.87. The average Bonchev–Trinajstić information content (AvgIpc) is 2.55. The van der Waals surface area contributed by atoms with E-state index in [9.17, 15) is 0 Å². The van der Waals surface area contributed by atoms with Crippen molar-refractivity contribution in [3.63, 3.8) is 0 Å². The second kappa shape index (κ2) is 7.31. The highest BCUT2D eigenvalue weighted by Gasteiger charge is 2.20. The van der Waals surface area contributed by atoms with Gasteiger partial charge in [0, 0.05) is 31.9 Å². The van der Waals surface area contributed by atoms with E-state index < -0.39 is 0 Å². The van der Waals surface area contributed by atoms with Crippen LogP contribution in [0.4, 0.5) is 5.69 Å². The Morgan fingerprint density at radius 1 is 1.00 bits per heavy atom. The van der Waals surface area contributed by atoms with Crippen molar-refractivity contribution < 1.29 is 0 Å². The Labute approximate surface area is 130 Å². The van der Waals surface area contributed by atoms with E-state index in [1.165, 1.54) is 76.1 Å². The molecule has 0 bridgehead atoms. The molecule has 2 nitrogen and oxygen atoms in total. The smallest absolute Gasteiger partial charge is 0.0396 e. The molecule has 0 N–H and O–H groups in total. The third-order valence-corrected chi connectivity index (χ3v) is 5.24. The molecule has 2 fully saturated rings. The van der Waals surface area contributed by atoms with Crippen LogP contribution in [0.25, 0.3) is 0 Å². The Kier molecular flexibility index (Phi) is 5.18. The van der Waals surface area contributed by atoms with E-state index in [-0.39, 0.29) is 0 Å². The van der Waals surface area contributed by atoms with E-state index in [1.54, 1.807) is 0 Å². The number of hydrogen-bond donors (Lipinski definition) is 0. The number of benzene rings is 1. The molecule has 1 saturated carbocycles. The Morgan fingerprint density at radius 2 is 1.71 bits per heavy atom. The second-order valence-corrected chi connectivity index (χ2v) is 6.71. The van der Waals surface area contributed by atoms with Crippen molar-refractivity contribution in [2.24, 2.45) is 5.92 Å². The monoisotopic (exact) mass is 285 g/mol. The molecule has 2 heteroatoms. The van der Waals surface area contributed by atoms with Crippen molar-refractivity contribution in [3.8, 4) is 0 Å². The zero-order valence-electron chi connectivity index (χ0n) is 13.4. The first-order valence-electron chi connectivity index (χ1n) is 8.67. The van der Waals surface area contributed by atoms with Crippen LogP contribution in [0.15, 0.2) is 24.3 Å². The first-order valence-corrected chi connectivity index (χ1v) is 8.67. The number of anilines is 1. The molecule has 1 aliphatic heterocycles. The fraction of sp³-hybridized carbons (Fsp3) is 0.632. The average molecular weight is 285 g/mol. The number of rotatable bonds is 4. The molecule has 0 amide bonds. The number of piperazine rings is 1. The van der Waals surface area contributed by atoms with Gasteiger partial charge in [-0.05, 0) is 56.7 Å². The first-order chi connectivity index (χ1) is 10.3. The van der Waals surface area contributed by atoms with Gasteiger partial charge < -0.3 is 4.90 Å². The van der Waals surface area contributed by atoms with Crippen molar-refractivity contribution >= 4 is 5.69 Å². The molecule has 1 aliphatic carbocycles. The lowest BCUT2D eigenvalue weighted by molar-refractivity contribution is 0.227. The minimum Gasteiger partial charge on any atom is -0.369 e. The van der Waals surface area contributed by atoms with Gasteiger partial charge in [0.25, 0.3) is 0 Å². The summed E-state index contributed by atoms with van der Waals surface area (Å²) in [4.78, 5) is 5.23. The quantitative estimate of drug-likeness (QED) is 0.828. The molecule has 115 valence electrons. The van der Waals surface area contributed by atoms with E-state index in [2.05, 4.69) is 47.4 Å². The molecular weight excluding hydrogens is 256 g/mol. The summed E-state index contributed by atoms with van der Waals surface area (Å²) in [6.45, 7) is 8.36. The number of nitrogens with zero attached hydrogens (tertiary/aromatic N) is 2. The van der Waals surface area contributed by atoms with Crippen LogP contribution in [0.2, 0.25) is 0 Å². The third-order valence-electron chi connectivity index (χ3n) is 5.24. The summed E-state index contributed by atoms with van der Waals surface area (Å²) < 4.78 is 0. The Balaban J connectivity index is 1.43. The van der Waals surface area contributed by atoms with E-state index >= 15 is 0 Å². The van der Waals surface area contributed by atoms with Crippen molar-refractivity contribution in [2.75, 3.05) is 37.6 Å². The van der Waals surface area contributed by atoms with Gasteiger partial charge in [-0.2, -0.15) is 0 Å². The zero-order chi connectivity index (χ0) is 14.5. The minimum absolute atomic E-state index is 0.990. The van der Waals surface area contributed by atoms with Crippen LogP contribution >= 0.6 is 0 Å². The minimum atomic E-state index is 0.990. The number of hydrogen-bond acceptors (Lipinski definition) is 2. The molecule has 1 aromatic carbocycles. The van der Waals surface area contributed by atoms with Gasteiger partial charge in [-0.25, -0.2) is 0 Å². The third kappa shape index (κ3) is 4.00. The summed E-state index contributed by atoms with van der Waals surface area (Å²) in [7, 11) is 0. The normalized spacial score (nSPS) is 21.7. The maximum Gasteiger partial charge on any atom is 0.0396 e. The van der Waals surface area contributed by atoms with Crippen LogP contribution in [-0.4, -0.2) is 37.6 Å². The summed E-state index contributed by atoms with van der Waals surface area (Å²) in [6.07, 6.45) is 9.46. The number of para-hydroxylation sites is 1. The van der Waals surface area contributed by atoms with Gasteiger partial charge in [-0.1, -0.05) is 31.0 Å². The van der Waals surface area contributed by atoms with Crippen molar-refractivity contribution in [2.45, 2.75) is 39.0 Å². The second-order valence-electron chi connectivity index (χ2n) is 6.71. The highest BCUT2D eigenvalue weighted by Crippen LogP contribution is 2.26. The zero-order valence-corrected chi connectivity index (χ0v) is 13.4. The molecule has 1 radical (unpaired) electrons.